The van der Waals surface area contributed by atoms with Crippen LogP contribution in [0.5, 0.6) is 0 Å². The van der Waals surface area contributed by atoms with Crippen molar-refractivity contribution in [1.82, 2.24) is 5.32 Å². The third-order valence-electron chi connectivity index (χ3n) is 3.04. The van der Waals surface area contributed by atoms with Crippen LogP contribution in [0.2, 0.25) is 0 Å². The summed E-state index contributed by atoms with van der Waals surface area (Å²) in [4.78, 5) is 35.2. The van der Waals surface area contributed by atoms with Crippen molar-refractivity contribution in [3.05, 3.63) is 29.8 Å². The highest BCUT2D eigenvalue weighted by Crippen LogP contribution is 2.22. The third-order valence-corrected chi connectivity index (χ3v) is 3.04. The van der Waals surface area contributed by atoms with Crippen LogP contribution >= 0.6 is 0 Å². The largest absolute Gasteiger partial charge is 0.481 e. The first-order valence-corrected chi connectivity index (χ1v) is 6.12. The van der Waals surface area contributed by atoms with E-state index in [-0.39, 0.29) is 31.3 Å². The lowest BCUT2D eigenvalue weighted by molar-refractivity contribution is -0.137. The molecule has 1 aromatic carbocycles. The summed E-state index contributed by atoms with van der Waals surface area (Å²) >= 11 is 0. The molecule has 7 heteroatoms. The second-order valence-corrected chi connectivity index (χ2v) is 4.56. The van der Waals surface area contributed by atoms with Gasteiger partial charge in [-0.15, -0.1) is 0 Å². The molecule has 1 aromatic rings. The molecule has 1 atom stereocenters. The quantitative estimate of drug-likeness (QED) is 0.694. The highest BCUT2D eigenvalue weighted by Gasteiger charge is 2.24. The second kappa shape index (κ2) is 5.70. The molecule has 20 heavy (non-hydrogen) atoms. The van der Waals surface area contributed by atoms with Crippen LogP contribution in [-0.2, 0) is 14.4 Å². The van der Waals surface area contributed by atoms with Gasteiger partial charge in [-0.1, -0.05) is 12.1 Å². The van der Waals surface area contributed by atoms with E-state index in [0.717, 1.165) is 0 Å². The SMILES string of the molecule is NC(CC(=O)O)c1cccc(N2CC(=O)NCC2=O)c1. The number of carboxylic acid groups (broad SMARTS) is 1. The maximum atomic E-state index is 11.8. The van der Waals surface area contributed by atoms with Gasteiger partial charge < -0.3 is 21.1 Å². The standard InChI is InChI=1S/C13H15N3O4/c14-10(5-13(19)20)8-2-1-3-9(4-8)16-7-11(17)15-6-12(16)18/h1-4,10H,5-7,14H2,(H,15,17)(H,19,20). The molecule has 4 N–H and O–H groups in total. The van der Waals surface area contributed by atoms with Crippen LogP contribution in [0.15, 0.2) is 24.3 Å². The summed E-state index contributed by atoms with van der Waals surface area (Å²) in [6, 6.07) is 6.07. The van der Waals surface area contributed by atoms with E-state index >= 15 is 0 Å². The van der Waals surface area contributed by atoms with E-state index in [0.29, 0.717) is 11.3 Å². The molecule has 0 bridgehead atoms. The van der Waals surface area contributed by atoms with E-state index < -0.39 is 12.0 Å². The van der Waals surface area contributed by atoms with E-state index in [4.69, 9.17) is 10.8 Å². The lowest BCUT2D eigenvalue weighted by Crippen LogP contribution is -2.51. The fourth-order valence-electron chi connectivity index (χ4n) is 2.02. The Labute approximate surface area is 115 Å². The molecule has 1 heterocycles. The molecule has 1 aliphatic heterocycles. The Kier molecular flexibility index (Phi) is 3.99. The summed E-state index contributed by atoms with van der Waals surface area (Å²) in [5.41, 5.74) is 6.95. The normalized spacial score (nSPS) is 16.8. The number of anilines is 1. The predicted octanol–water partition coefficient (Wildman–Crippen LogP) is -0.376. The molecule has 2 amide bonds. The van der Waals surface area contributed by atoms with Crippen LogP contribution in [0.3, 0.4) is 0 Å². The Morgan fingerprint density at radius 1 is 1.45 bits per heavy atom. The molecule has 106 valence electrons. The number of carboxylic acids is 1. The number of carbonyl (C=O) groups excluding carboxylic acids is 2. The van der Waals surface area contributed by atoms with E-state index in [1.807, 2.05) is 0 Å². The van der Waals surface area contributed by atoms with Crippen molar-refractivity contribution < 1.29 is 19.5 Å². The highest BCUT2D eigenvalue weighted by atomic mass is 16.4. The zero-order valence-electron chi connectivity index (χ0n) is 10.7. The first-order chi connectivity index (χ1) is 9.47. The second-order valence-electron chi connectivity index (χ2n) is 4.56. The van der Waals surface area contributed by atoms with Gasteiger partial charge in [-0.05, 0) is 17.7 Å². The summed E-state index contributed by atoms with van der Waals surface area (Å²) in [6.07, 6.45) is -0.197. The van der Waals surface area contributed by atoms with Gasteiger partial charge in [0.2, 0.25) is 11.8 Å². The van der Waals surface area contributed by atoms with Gasteiger partial charge in [0.15, 0.2) is 0 Å². The number of rotatable bonds is 4. The Bertz CT molecular complexity index is 558. The molecule has 1 aliphatic rings. The number of carbonyl (C=O) groups is 3. The van der Waals surface area contributed by atoms with Gasteiger partial charge in [-0.3, -0.25) is 14.4 Å². The van der Waals surface area contributed by atoms with E-state index in [9.17, 15) is 14.4 Å². The zero-order chi connectivity index (χ0) is 14.7. The van der Waals surface area contributed by atoms with Crippen molar-refractivity contribution in [3.8, 4) is 0 Å². The Morgan fingerprint density at radius 3 is 2.90 bits per heavy atom. The number of amides is 2. The maximum absolute atomic E-state index is 11.8. The molecule has 0 spiro atoms. The Hall–Kier alpha value is -2.41. The molecule has 0 radical (unpaired) electrons. The number of hydrogen-bond donors (Lipinski definition) is 3. The number of aliphatic carboxylic acids is 1. The molecule has 7 nitrogen and oxygen atoms in total. The summed E-state index contributed by atoms with van der Waals surface area (Å²) in [5.74, 6) is -1.44. The van der Waals surface area contributed by atoms with Crippen LogP contribution in [0.25, 0.3) is 0 Å². The summed E-state index contributed by atoms with van der Waals surface area (Å²) in [7, 11) is 0. The number of nitrogens with zero attached hydrogens (tertiary/aromatic N) is 1. The van der Waals surface area contributed by atoms with Crippen LogP contribution in [0, 0.1) is 0 Å². The number of nitrogens with two attached hydrogens (primary N) is 1. The average molecular weight is 277 g/mol. The molecule has 1 saturated heterocycles. The minimum Gasteiger partial charge on any atom is -0.481 e. The van der Waals surface area contributed by atoms with Crippen LogP contribution < -0.4 is 16.0 Å². The van der Waals surface area contributed by atoms with Crippen LogP contribution in [0.1, 0.15) is 18.0 Å². The molecule has 1 unspecified atom stereocenters. The smallest absolute Gasteiger partial charge is 0.305 e. The predicted molar refractivity (Wildman–Crippen MR) is 71.0 cm³/mol. The highest BCUT2D eigenvalue weighted by molar-refractivity contribution is 6.04. The van der Waals surface area contributed by atoms with E-state index in [1.165, 1.54) is 4.90 Å². The van der Waals surface area contributed by atoms with Gasteiger partial charge in [0.05, 0.1) is 13.0 Å². The monoisotopic (exact) mass is 277 g/mol. The van der Waals surface area contributed by atoms with Gasteiger partial charge in [-0.25, -0.2) is 0 Å². The van der Waals surface area contributed by atoms with Crippen molar-refractivity contribution in [2.75, 3.05) is 18.0 Å². The third kappa shape index (κ3) is 3.12. The number of piperazine rings is 1. The van der Waals surface area contributed by atoms with Crippen molar-refractivity contribution >= 4 is 23.5 Å². The summed E-state index contributed by atoms with van der Waals surface area (Å²) in [5, 5.41) is 11.2. The number of nitrogens with one attached hydrogen (secondary N) is 1. The van der Waals surface area contributed by atoms with Crippen molar-refractivity contribution in [2.45, 2.75) is 12.5 Å². The summed E-state index contributed by atoms with van der Waals surface area (Å²) < 4.78 is 0. The zero-order valence-corrected chi connectivity index (χ0v) is 10.7. The van der Waals surface area contributed by atoms with Crippen molar-refractivity contribution in [1.29, 1.82) is 0 Å². The van der Waals surface area contributed by atoms with Crippen LogP contribution in [-0.4, -0.2) is 36.0 Å². The topological polar surface area (TPSA) is 113 Å². The van der Waals surface area contributed by atoms with Crippen LogP contribution in [0.4, 0.5) is 5.69 Å². The fraction of sp³-hybridized carbons (Fsp3) is 0.308. The van der Waals surface area contributed by atoms with E-state index in [1.54, 1.807) is 24.3 Å². The van der Waals surface area contributed by atoms with Gasteiger partial charge in [0, 0.05) is 11.7 Å². The fourth-order valence-corrected chi connectivity index (χ4v) is 2.02. The summed E-state index contributed by atoms with van der Waals surface area (Å²) in [6.45, 7) is -0.0826. The lowest BCUT2D eigenvalue weighted by Gasteiger charge is -2.27. The van der Waals surface area contributed by atoms with E-state index in [2.05, 4.69) is 5.32 Å². The molecule has 0 saturated carbocycles. The molecule has 0 aromatic heterocycles. The van der Waals surface area contributed by atoms with Crippen molar-refractivity contribution in [3.63, 3.8) is 0 Å². The van der Waals surface area contributed by atoms with Crippen molar-refractivity contribution in [2.24, 2.45) is 5.73 Å². The Morgan fingerprint density at radius 2 is 2.20 bits per heavy atom. The first-order valence-electron chi connectivity index (χ1n) is 6.12. The average Bonchev–Trinajstić information content (AvgIpc) is 2.41. The minimum absolute atomic E-state index is 0.0375. The number of hydrogen-bond acceptors (Lipinski definition) is 4. The first kappa shape index (κ1) is 14.0. The minimum atomic E-state index is -0.990. The van der Waals surface area contributed by atoms with Gasteiger partial charge >= 0.3 is 5.97 Å². The molecule has 0 aliphatic carbocycles. The molecular formula is C13H15N3O4. The van der Waals surface area contributed by atoms with Gasteiger partial charge in [0.1, 0.15) is 6.54 Å². The maximum Gasteiger partial charge on any atom is 0.305 e. The molecule has 2 rings (SSSR count). The number of benzene rings is 1. The molecule has 1 fully saturated rings. The lowest BCUT2D eigenvalue weighted by atomic mass is 10.0. The van der Waals surface area contributed by atoms with Gasteiger partial charge in [0.25, 0.3) is 0 Å². The van der Waals surface area contributed by atoms with Gasteiger partial charge in [-0.2, -0.15) is 0 Å². The molecular weight excluding hydrogens is 262 g/mol. The Balaban J connectivity index is 2.22.